The molecular formula is C26H24N2O. The van der Waals surface area contributed by atoms with Crippen LogP contribution in [0.25, 0.3) is 33.2 Å². The first-order chi connectivity index (χ1) is 14.1. The van der Waals surface area contributed by atoms with Crippen LogP contribution in [0.5, 0.6) is 0 Å². The third kappa shape index (κ3) is 3.64. The SMILES string of the molecule is CN=C/C=C(\C=C(/C)c1c(C)ccc2c1oc1ncccc12)c1cccc(C)c1. The monoisotopic (exact) mass is 380 g/mol. The number of allylic oxidation sites excluding steroid dienone is 4. The van der Waals surface area contributed by atoms with E-state index in [2.05, 4.69) is 79.3 Å². The molecule has 4 aromatic rings. The highest BCUT2D eigenvalue weighted by Crippen LogP contribution is 2.35. The normalized spacial score (nSPS) is 13.1. The number of aliphatic imine (C=N–C) groups is 1. The van der Waals surface area contributed by atoms with Gasteiger partial charge in [0.2, 0.25) is 5.71 Å². The molecule has 0 atom stereocenters. The van der Waals surface area contributed by atoms with Crippen molar-refractivity contribution in [2.75, 3.05) is 7.05 Å². The molecule has 4 rings (SSSR count). The van der Waals surface area contributed by atoms with Crippen molar-refractivity contribution in [2.24, 2.45) is 4.99 Å². The third-order valence-electron chi connectivity index (χ3n) is 5.15. The maximum Gasteiger partial charge on any atom is 0.227 e. The fourth-order valence-electron chi connectivity index (χ4n) is 3.78. The second-order valence-corrected chi connectivity index (χ2v) is 7.32. The van der Waals surface area contributed by atoms with Crippen LogP contribution in [0.1, 0.15) is 29.2 Å². The van der Waals surface area contributed by atoms with Crippen LogP contribution >= 0.6 is 0 Å². The predicted molar refractivity (Wildman–Crippen MR) is 123 cm³/mol. The lowest BCUT2D eigenvalue weighted by Crippen LogP contribution is -1.90. The van der Waals surface area contributed by atoms with Crippen molar-refractivity contribution in [1.82, 2.24) is 4.98 Å². The van der Waals surface area contributed by atoms with Crippen molar-refractivity contribution in [3.8, 4) is 0 Å². The van der Waals surface area contributed by atoms with Crippen molar-refractivity contribution in [3.05, 3.63) is 89.1 Å². The molecule has 0 radical (unpaired) electrons. The molecule has 29 heavy (non-hydrogen) atoms. The Morgan fingerprint density at radius 2 is 1.90 bits per heavy atom. The van der Waals surface area contributed by atoms with Crippen LogP contribution in [0, 0.1) is 13.8 Å². The molecule has 2 heterocycles. The number of rotatable bonds is 4. The summed E-state index contributed by atoms with van der Waals surface area (Å²) >= 11 is 0. The summed E-state index contributed by atoms with van der Waals surface area (Å²) in [7, 11) is 1.78. The number of aromatic nitrogens is 1. The van der Waals surface area contributed by atoms with E-state index < -0.39 is 0 Å². The topological polar surface area (TPSA) is 38.4 Å². The Hall–Kier alpha value is -3.46. The largest absolute Gasteiger partial charge is 0.437 e. The second-order valence-electron chi connectivity index (χ2n) is 7.32. The van der Waals surface area contributed by atoms with Crippen LogP contribution in [0.4, 0.5) is 0 Å². The van der Waals surface area contributed by atoms with Crippen LogP contribution in [0.3, 0.4) is 0 Å². The minimum atomic E-state index is 0.676. The summed E-state index contributed by atoms with van der Waals surface area (Å²) < 4.78 is 6.18. The van der Waals surface area contributed by atoms with Crippen molar-refractivity contribution in [2.45, 2.75) is 20.8 Å². The van der Waals surface area contributed by atoms with Gasteiger partial charge < -0.3 is 4.42 Å². The highest BCUT2D eigenvalue weighted by molar-refractivity contribution is 6.08. The van der Waals surface area contributed by atoms with E-state index in [1.54, 1.807) is 13.2 Å². The van der Waals surface area contributed by atoms with E-state index in [0.717, 1.165) is 33.1 Å². The Balaban J connectivity index is 1.91. The van der Waals surface area contributed by atoms with Gasteiger partial charge in [-0.15, -0.1) is 0 Å². The Morgan fingerprint density at radius 3 is 2.69 bits per heavy atom. The lowest BCUT2D eigenvalue weighted by molar-refractivity contribution is 0.652. The number of fused-ring (bicyclic) bond motifs is 3. The molecule has 2 aromatic heterocycles. The van der Waals surface area contributed by atoms with E-state index in [0.29, 0.717) is 5.71 Å². The van der Waals surface area contributed by atoms with E-state index in [1.165, 1.54) is 16.7 Å². The molecule has 0 saturated heterocycles. The van der Waals surface area contributed by atoms with Gasteiger partial charge in [0.05, 0.1) is 0 Å². The first-order valence-corrected chi connectivity index (χ1v) is 9.73. The van der Waals surface area contributed by atoms with Crippen LogP contribution in [-0.4, -0.2) is 18.2 Å². The Morgan fingerprint density at radius 1 is 1.03 bits per heavy atom. The standard InChI is InChI=1S/C26H24N2O/c1-17-7-5-8-20(15-17)21(12-14-27-4)16-19(3)24-18(2)10-11-22-23-9-6-13-28-26(23)29-25(22)24/h5-16H,1-4H3/b19-16+,21-12+,27-14?. The summed E-state index contributed by atoms with van der Waals surface area (Å²) in [5, 5.41) is 2.14. The van der Waals surface area contributed by atoms with Gasteiger partial charge in [-0.2, -0.15) is 0 Å². The predicted octanol–water partition coefficient (Wildman–Crippen LogP) is 6.79. The van der Waals surface area contributed by atoms with Gasteiger partial charge in [-0.25, -0.2) is 4.98 Å². The smallest absolute Gasteiger partial charge is 0.227 e. The average Bonchev–Trinajstić information content (AvgIpc) is 3.09. The van der Waals surface area contributed by atoms with E-state index in [1.807, 2.05) is 18.4 Å². The molecule has 0 bridgehead atoms. The Kier molecular flexibility index (Phi) is 5.13. The molecule has 0 aliphatic carbocycles. The molecule has 2 aromatic carbocycles. The molecule has 0 unspecified atom stereocenters. The van der Waals surface area contributed by atoms with Crippen molar-refractivity contribution >= 4 is 39.4 Å². The van der Waals surface area contributed by atoms with Crippen molar-refractivity contribution in [3.63, 3.8) is 0 Å². The Labute approximate surface area is 171 Å². The summed E-state index contributed by atoms with van der Waals surface area (Å²) in [5.41, 5.74) is 8.52. The lowest BCUT2D eigenvalue weighted by Gasteiger charge is -2.10. The molecule has 3 nitrogen and oxygen atoms in total. The molecule has 0 aliphatic rings. The molecule has 0 saturated carbocycles. The molecule has 0 spiro atoms. The number of nitrogens with zero attached hydrogens (tertiary/aromatic N) is 2. The summed E-state index contributed by atoms with van der Waals surface area (Å²) in [6.45, 7) is 6.36. The number of aryl methyl sites for hydroxylation is 2. The van der Waals surface area contributed by atoms with Gasteiger partial charge in [0.25, 0.3) is 0 Å². The molecule has 0 aliphatic heterocycles. The van der Waals surface area contributed by atoms with Gasteiger partial charge in [0.1, 0.15) is 5.58 Å². The maximum atomic E-state index is 6.18. The average molecular weight is 380 g/mol. The number of hydrogen-bond acceptors (Lipinski definition) is 3. The van der Waals surface area contributed by atoms with Crippen LogP contribution < -0.4 is 0 Å². The molecule has 0 N–H and O–H groups in total. The first kappa shape index (κ1) is 18.9. The maximum absolute atomic E-state index is 6.18. The molecule has 0 amide bonds. The van der Waals surface area contributed by atoms with Gasteiger partial charge in [-0.05, 0) is 61.3 Å². The highest BCUT2D eigenvalue weighted by Gasteiger charge is 2.15. The first-order valence-electron chi connectivity index (χ1n) is 9.73. The summed E-state index contributed by atoms with van der Waals surface area (Å²) in [5.74, 6) is 0. The molecule has 144 valence electrons. The van der Waals surface area contributed by atoms with Gasteiger partial charge in [0, 0.05) is 35.8 Å². The van der Waals surface area contributed by atoms with Gasteiger partial charge >= 0.3 is 0 Å². The number of hydrogen-bond donors (Lipinski definition) is 0. The number of pyridine rings is 1. The van der Waals surface area contributed by atoms with E-state index in [-0.39, 0.29) is 0 Å². The zero-order chi connectivity index (χ0) is 20.4. The molecule has 3 heteroatoms. The van der Waals surface area contributed by atoms with Crippen LogP contribution in [0.2, 0.25) is 0 Å². The van der Waals surface area contributed by atoms with Crippen LogP contribution in [-0.2, 0) is 0 Å². The summed E-state index contributed by atoms with van der Waals surface area (Å²) in [6, 6.07) is 16.8. The highest BCUT2D eigenvalue weighted by atomic mass is 16.3. The lowest BCUT2D eigenvalue weighted by atomic mass is 9.94. The zero-order valence-electron chi connectivity index (χ0n) is 17.2. The summed E-state index contributed by atoms with van der Waals surface area (Å²) in [6.07, 6.45) is 7.86. The fourth-order valence-corrected chi connectivity index (χ4v) is 3.78. The van der Waals surface area contributed by atoms with E-state index >= 15 is 0 Å². The summed E-state index contributed by atoms with van der Waals surface area (Å²) in [4.78, 5) is 8.53. The van der Waals surface area contributed by atoms with Crippen LogP contribution in [0.15, 0.2) is 76.3 Å². The van der Waals surface area contributed by atoms with Crippen molar-refractivity contribution < 1.29 is 4.42 Å². The van der Waals surface area contributed by atoms with Gasteiger partial charge in [0.15, 0.2) is 0 Å². The van der Waals surface area contributed by atoms with E-state index in [9.17, 15) is 0 Å². The number of benzene rings is 2. The zero-order valence-corrected chi connectivity index (χ0v) is 17.2. The van der Waals surface area contributed by atoms with Gasteiger partial charge in [-0.3, -0.25) is 4.99 Å². The van der Waals surface area contributed by atoms with E-state index in [4.69, 9.17) is 4.42 Å². The third-order valence-corrected chi connectivity index (χ3v) is 5.15. The Bertz CT molecular complexity index is 1290. The minimum absolute atomic E-state index is 0.676. The number of furan rings is 1. The van der Waals surface area contributed by atoms with Crippen molar-refractivity contribution in [1.29, 1.82) is 0 Å². The fraction of sp³-hybridized carbons (Fsp3) is 0.154. The minimum Gasteiger partial charge on any atom is -0.437 e. The van der Waals surface area contributed by atoms with Gasteiger partial charge in [-0.1, -0.05) is 48.0 Å². The second kappa shape index (κ2) is 7.88. The molecule has 0 fully saturated rings. The quantitative estimate of drug-likeness (QED) is 0.289. The molecular weight excluding hydrogens is 356 g/mol.